The van der Waals surface area contributed by atoms with Crippen molar-refractivity contribution in [2.24, 2.45) is 7.05 Å². The van der Waals surface area contributed by atoms with E-state index in [1.54, 1.807) is 0 Å². The Kier molecular flexibility index (Phi) is 3.93. The predicted molar refractivity (Wildman–Crippen MR) is 84.1 cm³/mol. The Morgan fingerprint density at radius 1 is 1.26 bits per heavy atom. The topological polar surface area (TPSA) is 17.0 Å². The Balaban J connectivity index is 2.32. The van der Waals surface area contributed by atoms with E-state index in [1.807, 2.05) is 6.07 Å². The van der Waals surface area contributed by atoms with Crippen molar-refractivity contribution in [3.05, 3.63) is 34.5 Å². The third kappa shape index (κ3) is 3.13. The van der Waals surface area contributed by atoms with Gasteiger partial charge in [-0.05, 0) is 64.4 Å². The van der Waals surface area contributed by atoms with Crippen LogP contribution in [0, 0.1) is 6.92 Å². The quantitative estimate of drug-likeness (QED) is 0.895. The van der Waals surface area contributed by atoms with Gasteiger partial charge in [0.05, 0.1) is 0 Å². The van der Waals surface area contributed by atoms with Crippen molar-refractivity contribution < 1.29 is 0 Å². The van der Waals surface area contributed by atoms with Gasteiger partial charge in [-0.15, -0.1) is 0 Å². The van der Waals surface area contributed by atoms with Crippen molar-refractivity contribution in [1.82, 2.24) is 9.88 Å². The fourth-order valence-electron chi connectivity index (χ4n) is 2.50. The van der Waals surface area contributed by atoms with Crippen LogP contribution in [0.1, 0.15) is 32.0 Å². The summed E-state index contributed by atoms with van der Waals surface area (Å²) < 4.78 is 2.25. The zero-order chi connectivity index (χ0) is 14.2. The average molecular weight is 279 g/mol. The van der Waals surface area contributed by atoms with Crippen molar-refractivity contribution in [3.63, 3.8) is 0 Å². The van der Waals surface area contributed by atoms with Crippen LogP contribution in [0.3, 0.4) is 0 Å². The summed E-state index contributed by atoms with van der Waals surface area (Å²) in [4.78, 5) is 0. The number of halogens is 1. The molecule has 0 fully saturated rings. The number of aromatic nitrogens is 1. The summed E-state index contributed by atoms with van der Waals surface area (Å²) in [6.45, 7) is 9.75. The van der Waals surface area contributed by atoms with Gasteiger partial charge < -0.3 is 9.88 Å². The Hall–Kier alpha value is -0.990. The summed E-state index contributed by atoms with van der Waals surface area (Å²) in [6.07, 6.45) is 1.03. The van der Waals surface area contributed by atoms with E-state index in [0.29, 0.717) is 0 Å². The number of fused-ring (bicyclic) bond motifs is 1. The number of hydrogen-bond donors (Lipinski definition) is 1. The van der Waals surface area contributed by atoms with Crippen LogP contribution in [0.25, 0.3) is 10.9 Å². The number of nitrogens with zero attached hydrogens (tertiary/aromatic N) is 1. The first-order valence-electron chi connectivity index (χ1n) is 6.78. The molecule has 0 bridgehead atoms. The molecular weight excluding hydrogens is 256 g/mol. The molecule has 2 aromatic rings. The highest BCUT2D eigenvalue weighted by atomic mass is 35.5. The van der Waals surface area contributed by atoms with Gasteiger partial charge >= 0.3 is 0 Å². The molecule has 1 heterocycles. The van der Waals surface area contributed by atoms with Gasteiger partial charge in [-0.25, -0.2) is 0 Å². The van der Waals surface area contributed by atoms with Gasteiger partial charge in [-0.2, -0.15) is 0 Å². The minimum absolute atomic E-state index is 0.163. The fourth-order valence-corrected chi connectivity index (χ4v) is 2.67. The zero-order valence-electron chi connectivity index (χ0n) is 12.5. The Labute approximate surface area is 120 Å². The first-order valence-corrected chi connectivity index (χ1v) is 7.16. The molecule has 0 atom stereocenters. The second kappa shape index (κ2) is 5.18. The Morgan fingerprint density at radius 3 is 2.58 bits per heavy atom. The number of benzene rings is 1. The van der Waals surface area contributed by atoms with Crippen LogP contribution in [0.5, 0.6) is 0 Å². The third-order valence-electron chi connectivity index (χ3n) is 3.62. The first-order chi connectivity index (χ1) is 8.79. The normalized spacial score (nSPS) is 12.3. The highest BCUT2D eigenvalue weighted by molar-refractivity contribution is 6.31. The van der Waals surface area contributed by atoms with Crippen LogP contribution in [0.15, 0.2) is 18.2 Å². The number of aryl methyl sites for hydroxylation is 1. The summed E-state index contributed by atoms with van der Waals surface area (Å²) in [5.41, 5.74) is 4.15. The minimum Gasteiger partial charge on any atom is -0.348 e. The van der Waals surface area contributed by atoms with Crippen LogP contribution in [-0.4, -0.2) is 16.7 Å². The van der Waals surface area contributed by atoms with Crippen molar-refractivity contribution in [3.8, 4) is 0 Å². The molecule has 0 spiro atoms. The maximum atomic E-state index is 6.13. The van der Waals surface area contributed by atoms with E-state index in [-0.39, 0.29) is 5.54 Å². The first kappa shape index (κ1) is 14.4. The van der Waals surface area contributed by atoms with E-state index in [1.165, 1.54) is 22.2 Å². The maximum absolute atomic E-state index is 6.13. The molecule has 104 valence electrons. The van der Waals surface area contributed by atoms with Crippen molar-refractivity contribution in [2.75, 3.05) is 6.54 Å². The molecule has 2 rings (SSSR count). The highest BCUT2D eigenvalue weighted by Crippen LogP contribution is 2.27. The molecule has 0 radical (unpaired) electrons. The second-order valence-corrected chi connectivity index (χ2v) is 6.65. The summed E-state index contributed by atoms with van der Waals surface area (Å²) in [6, 6.07) is 6.14. The molecule has 2 nitrogen and oxygen atoms in total. The SMILES string of the molecule is Cc1c(CCNC(C)(C)C)c2cc(Cl)ccc2n1C. The Bertz CT molecular complexity index is 591. The summed E-state index contributed by atoms with van der Waals surface area (Å²) in [5, 5.41) is 5.63. The molecule has 0 aliphatic heterocycles. The molecule has 0 saturated carbocycles. The largest absolute Gasteiger partial charge is 0.348 e. The molecule has 3 heteroatoms. The molecule has 0 aliphatic rings. The van der Waals surface area contributed by atoms with Crippen LogP contribution >= 0.6 is 11.6 Å². The van der Waals surface area contributed by atoms with Gasteiger partial charge in [0.15, 0.2) is 0 Å². The van der Waals surface area contributed by atoms with Gasteiger partial charge in [0.25, 0.3) is 0 Å². The van der Waals surface area contributed by atoms with Crippen molar-refractivity contribution in [1.29, 1.82) is 0 Å². The van der Waals surface area contributed by atoms with Gasteiger partial charge in [0, 0.05) is 34.2 Å². The molecular formula is C16H23ClN2. The van der Waals surface area contributed by atoms with E-state index in [2.05, 4.69) is 56.8 Å². The van der Waals surface area contributed by atoms with Crippen LogP contribution in [0.2, 0.25) is 5.02 Å². The molecule has 0 amide bonds. The summed E-state index contributed by atoms with van der Waals surface area (Å²) in [5.74, 6) is 0. The minimum atomic E-state index is 0.163. The van der Waals surface area contributed by atoms with Crippen LogP contribution < -0.4 is 5.32 Å². The molecule has 1 aromatic heterocycles. The second-order valence-electron chi connectivity index (χ2n) is 6.21. The smallest absolute Gasteiger partial charge is 0.0483 e. The van der Waals surface area contributed by atoms with Gasteiger partial charge in [-0.1, -0.05) is 11.6 Å². The van der Waals surface area contributed by atoms with Crippen LogP contribution in [-0.2, 0) is 13.5 Å². The molecule has 0 saturated heterocycles. The fraction of sp³-hybridized carbons (Fsp3) is 0.500. The Morgan fingerprint density at radius 2 is 1.95 bits per heavy atom. The van der Waals surface area contributed by atoms with Crippen LogP contribution in [0.4, 0.5) is 0 Å². The van der Waals surface area contributed by atoms with E-state index in [4.69, 9.17) is 11.6 Å². The summed E-state index contributed by atoms with van der Waals surface area (Å²) >= 11 is 6.13. The highest BCUT2D eigenvalue weighted by Gasteiger charge is 2.13. The van der Waals surface area contributed by atoms with E-state index >= 15 is 0 Å². The third-order valence-corrected chi connectivity index (χ3v) is 3.85. The lowest BCUT2D eigenvalue weighted by Crippen LogP contribution is -2.37. The predicted octanol–water partition coefficient (Wildman–Crippen LogP) is 4.07. The van der Waals surface area contributed by atoms with Gasteiger partial charge in [0.1, 0.15) is 0 Å². The van der Waals surface area contributed by atoms with E-state index in [0.717, 1.165) is 18.0 Å². The zero-order valence-corrected chi connectivity index (χ0v) is 13.2. The van der Waals surface area contributed by atoms with E-state index < -0.39 is 0 Å². The average Bonchev–Trinajstić information content (AvgIpc) is 2.52. The molecule has 0 unspecified atom stereocenters. The summed E-state index contributed by atoms with van der Waals surface area (Å²) in [7, 11) is 2.12. The van der Waals surface area contributed by atoms with E-state index in [9.17, 15) is 0 Å². The maximum Gasteiger partial charge on any atom is 0.0483 e. The molecule has 19 heavy (non-hydrogen) atoms. The molecule has 1 aromatic carbocycles. The molecule has 1 N–H and O–H groups in total. The number of hydrogen-bond acceptors (Lipinski definition) is 1. The van der Waals surface area contributed by atoms with Gasteiger partial charge in [-0.3, -0.25) is 0 Å². The van der Waals surface area contributed by atoms with Gasteiger partial charge in [0.2, 0.25) is 0 Å². The lowest BCUT2D eigenvalue weighted by molar-refractivity contribution is 0.429. The lowest BCUT2D eigenvalue weighted by Gasteiger charge is -2.20. The number of nitrogens with one attached hydrogen (secondary N) is 1. The number of rotatable bonds is 3. The molecule has 0 aliphatic carbocycles. The van der Waals surface area contributed by atoms with Crippen molar-refractivity contribution >= 4 is 22.5 Å². The standard InChI is InChI=1S/C16H23ClN2/c1-11-13(8-9-18-16(2,3)4)14-10-12(17)6-7-15(14)19(11)5/h6-7,10,18H,8-9H2,1-5H3. The van der Waals surface area contributed by atoms with Crippen molar-refractivity contribution in [2.45, 2.75) is 39.7 Å². The monoisotopic (exact) mass is 278 g/mol. The lowest BCUT2D eigenvalue weighted by atomic mass is 10.1.